The number of amides is 1. The first-order chi connectivity index (χ1) is 7.00. The summed E-state index contributed by atoms with van der Waals surface area (Å²) in [5.74, 6) is 0.413. The van der Waals surface area contributed by atoms with Crippen molar-refractivity contribution in [3.63, 3.8) is 0 Å². The van der Waals surface area contributed by atoms with Gasteiger partial charge in [0.15, 0.2) is 17.4 Å². The molecule has 1 N–H and O–H groups in total. The third-order valence-electron chi connectivity index (χ3n) is 1.50. The van der Waals surface area contributed by atoms with Gasteiger partial charge >= 0.3 is 0 Å². The molecule has 0 spiro atoms. The van der Waals surface area contributed by atoms with Crippen LogP contribution in [0.25, 0.3) is 0 Å². The second-order valence-electron chi connectivity index (χ2n) is 2.80. The van der Waals surface area contributed by atoms with Gasteiger partial charge in [-0.05, 0) is 0 Å². The number of nitrogens with one attached hydrogen (secondary N) is 1. The average Bonchev–Trinajstić information content (AvgIpc) is 2.49. The van der Waals surface area contributed by atoms with E-state index in [2.05, 4.69) is 10.3 Å². The lowest BCUT2D eigenvalue weighted by Crippen LogP contribution is -2.06. The number of hydrogen-bond donors (Lipinski definition) is 1. The van der Waals surface area contributed by atoms with E-state index >= 15 is 0 Å². The molecule has 0 aliphatic carbocycles. The summed E-state index contributed by atoms with van der Waals surface area (Å²) in [5.41, 5.74) is 0. The van der Waals surface area contributed by atoms with Gasteiger partial charge < -0.3 is 9.88 Å². The Hall–Kier alpha value is -1.65. The molecule has 15 heavy (non-hydrogen) atoms. The predicted octanol–water partition coefficient (Wildman–Crippen LogP) is 1.61. The number of aryl methyl sites for hydroxylation is 1. The third-order valence-corrected chi connectivity index (χ3v) is 1.50. The number of hydrogen-bond acceptors (Lipinski definition) is 3. The van der Waals surface area contributed by atoms with Crippen LogP contribution in [-0.2, 0) is 11.8 Å². The zero-order chi connectivity index (χ0) is 12.0. The molecule has 0 unspecified atom stereocenters. The second kappa shape index (κ2) is 5.95. The molecule has 5 nitrogen and oxygen atoms in total. The van der Waals surface area contributed by atoms with E-state index in [1.807, 2.05) is 13.8 Å². The van der Waals surface area contributed by atoms with Gasteiger partial charge in [-0.3, -0.25) is 9.59 Å². The van der Waals surface area contributed by atoms with Gasteiger partial charge in [0.05, 0.1) is 0 Å². The standard InChI is InChI=1S/C8H11N3O2.C2H6/c1-5(12)8-10-7(4-11(8)3)9-6(2)13;1-2/h4H,1-3H3,(H,9,13);1-2H3. The summed E-state index contributed by atoms with van der Waals surface area (Å²) in [6.07, 6.45) is 1.60. The zero-order valence-corrected chi connectivity index (χ0v) is 9.79. The van der Waals surface area contributed by atoms with Crippen LogP contribution in [0.2, 0.25) is 0 Å². The van der Waals surface area contributed by atoms with Crippen molar-refractivity contribution in [2.45, 2.75) is 27.7 Å². The lowest BCUT2D eigenvalue weighted by molar-refractivity contribution is -0.114. The van der Waals surface area contributed by atoms with Gasteiger partial charge in [-0.15, -0.1) is 0 Å². The van der Waals surface area contributed by atoms with Crippen LogP contribution >= 0.6 is 0 Å². The molecule has 0 saturated heterocycles. The fourth-order valence-electron chi connectivity index (χ4n) is 1.03. The first kappa shape index (κ1) is 13.4. The van der Waals surface area contributed by atoms with Crippen molar-refractivity contribution >= 4 is 17.5 Å². The van der Waals surface area contributed by atoms with E-state index in [0.29, 0.717) is 11.6 Å². The Labute approximate surface area is 89.5 Å². The number of carbonyl (C=O) groups excluding carboxylic acids is 2. The highest BCUT2D eigenvalue weighted by atomic mass is 16.1. The Kier molecular flexibility index (Phi) is 5.30. The summed E-state index contributed by atoms with van der Waals surface area (Å²) in [4.78, 5) is 25.6. The van der Waals surface area contributed by atoms with Crippen molar-refractivity contribution in [3.8, 4) is 0 Å². The molecule has 1 aromatic rings. The molecule has 84 valence electrons. The number of rotatable bonds is 2. The SMILES string of the molecule is CC.CC(=O)Nc1cn(C)c(C(C)=O)n1. The number of Topliss-reactive ketones (excluding diaryl/α,β-unsaturated/α-hetero) is 1. The molecular weight excluding hydrogens is 194 g/mol. The summed E-state index contributed by atoms with van der Waals surface area (Å²) in [7, 11) is 1.70. The quantitative estimate of drug-likeness (QED) is 0.756. The smallest absolute Gasteiger partial charge is 0.222 e. The fraction of sp³-hybridized carbons (Fsp3) is 0.500. The lowest BCUT2D eigenvalue weighted by atomic mass is 10.4. The lowest BCUT2D eigenvalue weighted by Gasteiger charge is -1.92. The van der Waals surface area contributed by atoms with Crippen LogP contribution in [0.1, 0.15) is 38.3 Å². The molecular formula is C10H17N3O2. The summed E-state index contributed by atoms with van der Waals surface area (Å²) in [6, 6.07) is 0. The van der Waals surface area contributed by atoms with Crippen molar-refractivity contribution in [2.24, 2.45) is 7.05 Å². The summed E-state index contributed by atoms with van der Waals surface area (Å²) >= 11 is 0. The molecule has 0 aliphatic heterocycles. The highest BCUT2D eigenvalue weighted by molar-refractivity contribution is 5.92. The van der Waals surface area contributed by atoms with Gasteiger partial charge in [0, 0.05) is 27.1 Å². The molecule has 1 heterocycles. The van der Waals surface area contributed by atoms with E-state index in [-0.39, 0.29) is 11.7 Å². The van der Waals surface area contributed by atoms with Crippen LogP contribution in [0.4, 0.5) is 5.82 Å². The maximum Gasteiger partial charge on any atom is 0.222 e. The molecule has 0 radical (unpaired) electrons. The number of aromatic nitrogens is 2. The monoisotopic (exact) mass is 211 g/mol. The van der Waals surface area contributed by atoms with Crippen LogP contribution in [0.3, 0.4) is 0 Å². The first-order valence-electron chi connectivity index (χ1n) is 4.82. The van der Waals surface area contributed by atoms with Crippen molar-refractivity contribution in [2.75, 3.05) is 5.32 Å². The van der Waals surface area contributed by atoms with Gasteiger partial charge in [0.2, 0.25) is 5.91 Å². The maximum atomic E-state index is 11.0. The molecule has 5 heteroatoms. The topological polar surface area (TPSA) is 64.0 Å². The minimum atomic E-state index is -0.201. The van der Waals surface area contributed by atoms with E-state index in [0.717, 1.165) is 0 Å². The van der Waals surface area contributed by atoms with Crippen LogP contribution in [-0.4, -0.2) is 21.2 Å². The molecule has 1 rings (SSSR count). The van der Waals surface area contributed by atoms with Crippen LogP contribution in [0, 0.1) is 0 Å². The average molecular weight is 211 g/mol. The van der Waals surface area contributed by atoms with Gasteiger partial charge in [0.25, 0.3) is 0 Å². The number of carbonyl (C=O) groups is 2. The van der Waals surface area contributed by atoms with E-state index in [4.69, 9.17) is 0 Å². The largest absolute Gasteiger partial charge is 0.329 e. The van der Waals surface area contributed by atoms with Crippen LogP contribution in [0.5, 0.6) is 0 Å². The fourth-order valence-corrected chi connectivity index (χ4v) is 1.03. The molecule has 0 aromatic carbocycles. The second-order valence-corrected chi connectivity index (χ2v) is 2.80. The molecule has 0 fully saturated rings. The predicted molar refractivity (Wildman–Crippen MR) is 58.9 cm³/mol. The van der Waals surface area contributed by atoms with E-state index in [9.17, 15) is 9.59 Å². The van der Waals surface area contributed by atoms with Crippen LogP contribution in [0.15, 0.2) is 6.20 Å². The van der Waals surface area contributed by atoms with Crippen molar-refractivity contribution in [1.29, 1.82) is 0 Å². The summed E-state index contributed by atoms with van der Waals surface area (Å²) in [5, 5.41) is 2.50. The molecule has 0 aliphatic rings. The Morgan fingerprint density at radius 2 is 1.87 bits per heavy atom. The molecule has 0 saturated carbocycles. The van der Waals surface area contributed by atoms with Gasteiger partial charge in [-0.25, -0.2) is 4.98 Å². The highest BCUT2D eigenvalue weighted by Crippen LogP contribution is 2.06. The Morgan fingerprint density at radius 1 is 1.33 bits per heavy atom. The van der Waals surface area contributed by atoms with Crippen molar-refractivity contribution < 1.29 is 9.59 Å². The van der Waals surface area contributed by atoms with Crippen molar-refractivity contribution in [3.05, 3.63) is 12.0 Å². The molecule has 1 aromatic heterocycles. The summed E-state index contributed by atoms with van der Waals surface area (Å²) < 4.78 is 1.58. The number of anilines is 1. The minimum Gasteiger partial charge on any atom is -0.329 e. The van der Waals surface area contributed by atoms with Gasteiger partial charge in [-0.2, -0.15) is 0 Å². The number of nitrogens with zero attached hydrogens (tertiary/aromatic N) is 2. The van der Waals surface area contributed by atoms with Gasteiger partial charge in [-0.1, -0.05) is 13.8 Å². The molecule has 1 amide bonds. The van der Waals surface area contributed by atoms with Crippen LogP contribution < -0.4 is 5.32 Å². The Bertz CT molecular complexity index is 356. The minimum absolute atomic E-state index is 0.126. The maximum absolute atomic E-state index is 11.0. The van der Waals surface area contributed by atoms with Gasteiger partial charge in [0.1, 0.15) is 0 Å². The third kappa shape index (κ3) is 3.93. The van der Waals surface area contributed by atoms with Crippen molar-refractivity contribution in [1.82, 2.24) is 9.55 Å². The Morgan fingerprint density at radius 3 is 2.20 bits per heavy atom. The first-order valence-corrected chi connectivity index (χ1v) is 4.82. The van der Waals surface area contributed by atoms with E-state index in [1.165, 1.54) is 13.8 Å². The molecule has 0 bridgehead atoms. The normalized spacial score (nSPS) is 8.87. The van der Waals surface area contributed by atoms with E-state index < -0.39 is 0 Å². The number of ketones is 1. The Balaban J connectivity index is 0.000000921. The highest BCUT2D eigenvalue weighted by Gasteiger charge is 2.09. The zero-order valence-electron chi connectivity index (χ0n) is 9.79. The van der Waals surface area contributed by atoms with E-state index in [1.54, 1.807) is 17.8 Å². The molecule has 0 atom stereocenters. The summed E-state index contributed by atoms with van der Waals surface area (Å²) in [6.45, 7) is 6.82. The number of imidazole rings is 1.